The lowest BCUT2D eigenvalue weighted by Crippen LogP contribution is -2.21. The zero-order valence-electron chi connectivity index (χ0n) is 15.9. The van der Waals surface area contributed by atoms with Crippen LogP contribution in [-0.4, -0.2) is 36.4 Å². The Hall–Kier alpha value is -3.61. The molecule has 144 valence electrons. The Balaban J connectivity index is 1.59. The minimum atomic E-state index is -0.565. The highest BCUT2D eigenvalue weighted by Crippen LogP contribution is 2.22. The van der Waals surface area contributed by atoms with Crippen molar-refractivity contribution in [2.75, 3.05) is 19.0 Å². The molecule has 0 aliphatic rings. The third-order valence-electron chi connectivity index (χ3n) is 4.54. The number of amides is 2. The lowest BCUT2D eigenvalue weighted by molar-refractivity contribution is -0.119. The highest BCUT2D eigenvalue weighted by atomic mass is 16.5. The summed E-state index contributed by atoms with van der Waals surface area (Å²) in [5.41, 5.74) is 4.44. The quantitative estimate of drug-likeness (QED) is 0.593. The Morgan fingerprint density at radius 3 is 2.36 bits per heavy atom. The molecule has 28 heavy (non-hydrogen) atoms. The zero-order chi connectivity index (χ0) is 20.3. The number of anilines is 1. The molecule has 0 aliphatic heterocycles. The normalized spacial score (nSPS) is 10.5. The summed E-state index contributed by atoms with van der Waals surface area (Å²) in [4.78, 5) is 39.0. The number of hydrogen-bond donors (Lipinski definition) is 3. The van der Waals surface area contributed by atoms with Crippen LogP contribution in [0.1, 0.15) is 32.0 Å². The van der Waals surface area contributed by atoms with Crippen molar-refractivity contribution in [2.45, 2.75) is 13.8 Å². The fourth-order valence-corrected chi connectivity index (χ4v) is 2.85. The number of H-pyrrole nitrogens is 1. The molecular formula is C21H21N3O4. The number of aromatic amines is 1. The molecule has 3 aromatic rings. The summed E-state index contributed by atoms with van der Waals surface area (Å²) < 4.78 is 5.11. The molecule has 0 aliphatic carbocycles. The molecule has 0 atom stereocenters. The molecule has 0 radical (unpaired) electrons. The van der Waals surface area contributed by atoms with Crippen LogP contribution in [0.2, 0.25) is 0 Å². The van der Waals surface area contributed by atoms with Crippen molar-refractivity contribution in [2.24, 2.45) is 0 Å². The third-order valence-corrected chi connectivity index (χ3v) is 4.54. The molecule has 0 fully saturated rings. The van der Waals surface area contributed by atoms with Crippen LogP contribution in [-0.2, 0) is 9.53 Å². The van der Waals surface area contributed by atoms with Gasteiger partial charge < -0.3 is 20.4 Å². The minimum Gasteiger partial charge on any atom is -0.452 e. The van der Waals surface area contributed by atoms with Gasteiger partial charge in [-0.2, -0.15) is 0 Å². The third kappa shape index (κ3) is 4.03. The van der Waals surface area contributed by atoms with Gasteiger partial charge in [-0.05, 0) is 61.9 Å². The van der Waals surface area contributed by atoms with E-state index >= 15 is 0 Å². The van der Waals surface area contributed by atoms with Gasteiger partial charge in [-0.3, -0.25) is 9.59 Å². The minimum absolute atomic E-state index is 0.211. The van der Waals surface area contributed by atoms with Crippen LogP contribution in [0.4, 0.5) is 5.69 Å². The fraction of sp³-hybridized carbons (Fsp3) is 0.190. The summed E-state index contributed by atoms with van der Waals surface area (Å²) in [5, 5.41) is 6.09. The number of carbonyl (C=O) groups excluding carboxylic acids is 3. The number of aryl methyl sites for hydroxylation is 2. The predicted octanol–water partition coefficient (Wildman–Crippen LogP) is 2.94. The number of fused-ring (bicyclic) bond motifs is 1. The van der Waals surface area contributed by atoms with E-state index in [1.807, 2.05) is 19.9 Å². The Morgan fingerprint density at radius 1 is 1.00 bits per heavy atom. The van der Waals surface area contributed by atoms with Crippen LogP contribution in [0, 0.1) is 13.8 Å². The van der Waals surface area contributed by atoms with Gasteiger partial charge in [0, 0.05) is 34.9 Å². The van der Waals surface area contributed by atoms with Crippen molar-refractivity contribution in [3.8, 4) is 0 Å². The van der Waals surface area contributed by atoms with Crippen molar-refractivity contribution < 1.29 is 19.1 Å². The van der Waals surface area contributed by atoms with Crippen LogP contribution in [0.25, 0.3) is 10.9 Å². The van der Waals surface area contributed by atoms with E-state index in [0.29, 0.717) is 16.8 Å². The number of hydrogen-bond acceptors (Lipinski definition) is 4. The summed E-state index contributed by atoms with van der Waals surface area (Å²) in [6.45, 7) is 3.55. The first-order valence-electron chi connectivity index (χ1n) is 8.77. The van der Waals surface area contributed by atoms with Gasteiger partial charge in [-0.1, -0.05) is 0 Å². The monoisotopic (exact) mass is 379 g/mol. The number of ether oxygens (including phenoxy) is 1. The maximum absolute atomic E-state index is 12.3. The van der Waals surface area contributed by atoms with Gasteiger partial charge in [-0.15, -0.1) is 0 Å². The second-order valence-electron chi connectivity index (χ2n) is 6.42. The molecule has 0 saturated heterocycles. The summed E-state index contributed by atoms with van der Waals surface area (Å²) in [6, 6.07) is 11.6. The summed E-state index contributed by atoms with van der Waals surface area (Å²) in [7, 11) is 1.54. The summed E-state index contributed by atoms with van der Waals surface area (Å²) in [5.74, 6) is -1.24. The van der Waals surface area contributed by atoms with Gasteiger partial charge in [-0.25, -0.2) is 4.79 Å². The standard InChI is InChI=1S/C21H21N3O4/c1-12-13(2)23-18-9-6-15(10-17(12)18)21(27)28-11-19(25)24-16-7-4-14(5-8-16)20(26)22-3/h4-10,23H,11H2,1-3H3,(H,22,26)(H,24,25). The van der Waals surface area contributed by atoms with Crippen LogP contribution >= 0.6 is 0 Å². The first-order chi connectivity index (χ1) is 13.4. The molecule has 2 aromatic carbocycles. The van der Waals surface area contributed by atoms with Crippen molar-refractivity contribution in [1.29, 1.82) is 0 Å². The van der Waals surface area contributed by atoms with Gasteiger partial charge in [0.05, 0.1) is 5.56 Å². The molecule has 0 saturated carbocycles. The van der Waals surface area contributed by atoms with Gasteiger partial charge >= 0.3 is 5.97 Å². The van der Waals surface area contributed by atoms with Crippen LogP contribution in [0.3, 0.4) is 0 Å². The van der Waals surface area contributed by atoms with E-state index in [4.69, 9.17) is 4.74 Å². The number of nitrogens with one attached hydrogen (secondary N) is 3. The lowest BCUT2D eigenvalue weighted by atomic mass is 10.1. The van der Waals surface area contributed by atoms with E-state index in [9.17, 15) is 14.4 Å². The SMILES string of the molecule is CNC(=O)c1ccc(NC(=O)COC(=O)c2ccc3[nH]c(C)c(C)c3c2)cc1. The maximum atomic E-state index is 12.3. The van der Waals surface area contributed by atoms with Gasteiger partial charge in [0.15, 0.2) is 6.61 Å². The van der Waals surface area contributed by atoms with Gasteiger partial charge in [0.25, 0.3) is 11.8 Å². The summed E-state index contributed by atoms with van der Waals surface area (Å²) in [6.07, 6.45) is 0. The number of benzene rings is 2. The first-order valence-corrected chi connectivity index (χ1v) is 8.77. The van der Waals surface area contributed by atoms with E-state index in [-0.39, 0.29) is 5.91 Å². The Kier molecular flexibility index (Phi) is 5.44. The molecule has 0 unspecified atom stereocenters. The molecule has 7 nitrogen and oxygen atoms in total. The van der Waals surface area contributed by atoms with Gasteiger partial charge in [0.2, 0.25) is 0 Å². The van der Waals surface area contributed by atoms with Crippen molar-refractivity contribution in [1.82, 2.24) is 10.3 Å². The molecule has 3 N–H and O–H groups in total. The Morgan fingerprint density at radius 2 is 1.68 bits per heavy atom. The van der Waals surface area contributed by atoms with E-state index in [2.05, 4.69) is 15.6 Å². The maximum Gasteiger partial charge on any atom is 0.338 e. The smallest absolute Gasteiger partial charge is 0.338 e. The number of esters is 1. The van der Waals surface area contributed by atoms with Crippen molar-refractivity contribution >= 4 is 34.4 Å². The van der Waals surface area contributed by atoms with Crippen molar-refractivity contribution in [3.05, 3.63) is 64.8 Å². The van der Waals surface area contributed by atoms with E-state index < -0.39 is 18.5 Å². The molecule has 0 bridgehead atoms. The number of carbonyl (C=O) groups is 3. The average Bonchev–Trinajstić information content (AvgIpc) is 2.99. The second kappa shape index (κ2) is 7.96. The molecule has 3 rings (SSSR count). The fourth-order valence-electron chi connectivity index (χ4n) is 2.85. The molecule has 1 heterocycles. The van der Waals surface area contributed by atoms with E-state index in [1.165, 1.54) is 0 Å². The largest absolute Gasteiger partial charge is 0.452 e. The highest BCUT2D eigenvalue weighted by Gasteiger charge is 2.13. The molecule has 0 spiro atoms. The molecule has 7 heteroatoms. The van der Waals surface area contributed by atoms with E-state index in [1.54, 1.807) is 43.4 Å². The predicted molar refractivity (Wildman–Crippen MR) is 107 cm³/mol. The Labute approximate surface area is 162 Å². The lowest BCUT2D eigenvalue weighted by Gasteiger charge is -2.08. The van der Waals surface area contributed by atoms with E-state index in [0.717, 1.165) is 22.2 Å². The Bertz CT molecular complexity index is 1050. The highest BCUT2D eigenvalue weighted by molar-refractivity contribution is 5.99. The molecular weight excluding hydrogens is 358 g/mol. The van der Waals surface area contributed by atoms with Crippen LogP contribution in [0.15, 0.2) is 42.5 Å². The van der Waals surface area contributed by atoms with Crippen LogP contribution < -0.4 is 10.6 Å². The number of rotatable bonds is 5. The van der Waals surface area contributed by atoms with Gasteiger partial charge in [0.1, 0.15) is 0 Å². The van der Waals surface area contributed by atoms with Crippen molar-refractivity contribution in [3.63, 3.8) is 0 Å². The number of aromatic nitrogens is 1. The van der Waals surface area contributed by atoms with Crippen LogP contribution in [0.5, 0.6) is 0 Å². The zero-order valence-corrected chi connectivity index (χ0v) is 15.9. The topological polar surface area (TPSA) is 100 Å². The summed E-state index contributed by atoms with van der Waals surface area (Å²) >= 11 is 0. The molecule has 2 amide bonds. The second-order valence-corrected chi connectivity index (χ2v) is 6.42. The molecule has 1 aromatic heterocycles. The first kappa shape index (κ1) is 19.2. The average molecular weight is 379 g/mol.